The number of hydrogen-bond donors (Lipinski definition) is 1. The van der Waals surface area contributed by atoms with Crippen LogP contribution in [0.3, 0.4) is 0 Å². The number of benzene rings is 1. The fraction of sp³-hybridized carbons (Fsp3) is 0.529. The van der Waals surface area contributed by atoms with E-state index in [0.717, 1.165) is 6.07 Å². The molecule has 0 spiro atoms. The number of piperidine rings is 1. The average molecular weight is 376 g/mol. The molecule has 0 radical (unpaired) electrons. The molecule has 1 aromatic rings. The number of nitrogens with one attached hydrogen (secondary N) is 1. The van der Waals surface area contributed by atoms with Crippen LogP contribution in [0.1, 0.15) is 24.0 Å². The second-order valence-electron chi connectivity index (χ2n) is 6.12. The van der Waals surface area contributed by atoms with Crippen molar-refractivity contribution >= 4 is 11.8 Å². The fourth-order valence-corrected chi connectivity index (χ4v) is 2.84. The lowest BCUT2D eigenvalue weighted by molar-refractivity contribution is -0.140. The van der Waals surface area contributed by atoms with Crippen molar-refractivity contribution in [1.82, 2.24) is 10.2 Å². The Labute approximate surface area is 148 Å². The van der Waals surface area contributed by atoms with Gasteiger partial charge in [-0.25, -0.2) is 4.39 Å². The van der Waals surface area contributed by atoms with Gasteiger partial charge in [0.05, 0.1) is 5.56 Å². The lowest BCUT2D eigenvalue weighted by atomic mass is 9.95. The summed E-state index contributed by atoms with van der Waals surface area (Å²) in [5.74, 6) is -2.09. The highest BCUT2D eigenvalue weighted by Gasteiger charge is 2.34. The third kappa shape index (κ3) is 5.17. The lowest BCUT2D eigenvalue weighted by Gasteiger charge is -2.31. The van der Waals surface area contributed by atoms with E-state index in [-0.39, 0.29) is 36.4 Å². The van der Waals surface area contributed by atoms with Crippen molar-refractivity contribution in [3.05, 3.63) is 35.1 Å². The molecule has 1 N–H and O–H groups in total. The maximum Gasteiger partial charge on any atom is 0.419 e. The molecule has 9 heteroatoms. The first-order valence-electron chi connectivity index (χ1n) is 8.12. The molecule has 1 heterocycles. The van der Waals surface area contributed by atoms with E-state index in [4.69, 9.17) is 4.74 Å². The predicted octanol–water partition coefficient (Wildman–Crippen LogP) is 2.35. The summed E-state index contributed by atoms with van der Waals surface area (Å²) >= 11 is 0. The minimum absolute atomic E-state index is 0.0109. The molecule has 5 nitrogen and oxygen atoms in total. The zero-order chi connectivity index (χ0) is 19.3. The monoisotopic (exact) mass is 376 g/mol. The minimum atomic E-state index is -4.79. The zero-order valence-electron chi connectivity index (χ0n) is 14.2. The van der Waals surface area contributed by atoms with E-state index in [1.165, 1.54) is 13.2 Å². The maximum atomic E-state index is 13.3. The first kappa shape index (κ1) is 20.2. The van der Waals surface area contributed by atoms with Gasteiger partial charge in [-0.3, -0.25) is 9.59 Å². The summed E-state index contributed by atoms with van der Waals surface area (Å²) in [4.78, 5) is 25.5. The number of halogens is 4. The van der Waals surface area contributed by atoms with E-state index in [1.54, 1.807) is 4.90 Å². The molecule has 1 aromatic carbocycles. The van der Waals surface area contributed by atoms with Crippen LogP contribution in [0.4, 0.5) is 17.6 Å². The van der Waals surface area contributed by atoms with Crippen LogP contribution in [0.5, 0.6) is 0 Å². The van der Waals surface area contributed by atoms with Gasteiger partial charge in [0.2, 0.25) is 11.8 Å². The highest BCUT2D eigenvalue weighted by atomic mass is 19.4. The number of carbonyl (C=O) groups excluding carboxylic acids is 2. The number of likely N-dealkylation sites (tertiary alicyclic amines) is 1. The van der Waals surface area contributed by atoms with Crippen molar-refractivity contribution in [2.24, 2.45) is 5.92 Å². The van der Waals surface area contributed by atoms with Gasteiger partial charge in [-0.1, -0.05) is 6.07 Å². The molecule has 0 atom stereocenters. The van der Waals surface area contributed by atoms with E-state index >= 15 is 0 Å². The average Bonchev–Trinajstić information content (AvgIpc) is 2.60. The zero-order valence-corrected chi connectivity index (χ0v) is 14.2. The molecule has 144 valence electrons. The molecule has 0 bridgehead atoms. The van der Waals surface area contributed by atoms with Gasteiger partial charge in [0.1, 0.15) is 12.4 Å². The largest absolute Gasteiger partial charge is 0.419 e. The molecule has 0 unspecified atom stereocenters. The quantitative estimate of drug-likeness (QED) is 0.803. The van der Waals surface area contributed by atoms with Crippen LogP contribution in [-0.4, -0.2) is 43.5 Å². The van der Waals surface area contributed by atoms with E-state index in [1.807, 2.05) is 0 Å². The second kappa shape index (κ2) is 8.48. The van der Waals surface area contributed by atoms with Gasteiger partial charge in [0, 0.05) is 32.7 Å². The highest BCUT2D eigenvalue weighted by Crippen LogP contribution is 2.31. The smallest absolute Gasteiger partial charge is 0.375 e. The number of rotatable bonds is 5. The third-order valence-corrected chi connectivity index (χ3v) is 4.29. The van der Waals surface area contributed by atoms with Gasteiger partial charge in [-0.2, -0.15) is 13.2 Å². The molecule has 0 aliphatic carbocycles. The van der Waals surface area contributed by atoms with Crippen molar-refractivity contribution < 1.29 is 31.9 Å². The minimum Gasteiger partial charge on any atom is -0.375 e. The Morgan fingerprint density at radius 3 is 2.50 bits per heavy atom. The van der Waals surface area contributed by atoms with Crippen LogP contribution in [0.15, 0.2) is 18.2 Å². The normalized spacial score (nSPS) is 15.8. The number of ether oxygens (including phenoxy) is 1. The number of alkyl halides is 3. The summed E-state index contributed by atoms with van der Waals surface area (Å²) in [6, 6.07) is 2.64. The highest BCUT2D eigenvalue weighted by molar-refractivity contribution is 5.80. The van der Waals surface area contributed by atoms with Gasteiger partial charge in [-0.15, -0.1) is 0 Å². The first-order chi connectivity index (χ1) is 12.2. The van der Waals surface area contributed by atoms with Gasteiger partial charge in [0.25, 0.3) is 0 Å². The molecular weight excluding hydrogens is 356 g/mol. The van der Waals surface area contributed by atoms with Crippen LogP contribution in [0.25, 0.3) is 0 Å². The van der Waals surface area contributed by atoms with Crippen LogP contribution in [0.2, 0.25) is 0 Å². The fourth-order valence-electron chi connectivity index (χ4n) is 2.84. The van der Waals surface area contributed by atoms with Crippen LogP contribution >= 0.6 is 0 Å². The molecule has 1 aliphatic rings. The Bertz CT molecular complexity index is 656. The molecular formula is C17H20F4N2O3. The van der Waals surface area contributed by atoms with Crippen molar-refractivity contribution in [3.8, 4) is 0 Å². The van der Waals surface area contributed by atoms with Crippen LogP contribution < -0.4 is 5.32 Å². The Balaban J connectivity index is 1.87. The van der Waals surface area contributed by atoms with Crippen molar-refractivity contribution in [1.29, 1.82) is 0 Å². The maximum absolute atomic E-state index is 13.3. The number of carbonyl (C=O) groups is 2. The molecule has 0 saturated carbocycles. The second-order valence-corrected chi connectivity index (χ2v) is 6.12. The first-order valence-corrected chi connectivity index (χ1v) is 8.12. The van der Waals surface area contributed by atoms with E-state index in [0.29, 0.717) is 32.0 Å². The summed E-state index contributed by atoms with van der Waals surface area (Å²) in [6.07, 6.45) is -3.84. The topological polar surface area (TPSA) is 58.6 Å². The van der Waals surface area contributed by atoms with Crippen molar-refractivity contribution in [3.63, 3.8) is 0 Å². The predicted molar refractivity (Wildman–Crippen MR) is 84.4 cm³/mol. The molecule has 0 aromatic heterocycles. The third-order valence-electron chi connectivity index (χ3n) is 4.29. The molecule has 1 aliphatic heterocycles. The van der Waals surface area contributed by atoms with E-state index in [9.17, 15) is 27.2 Å². The molecule has 2 rings (SSSR count). The summed E-state index contributed by atoms with van der Waals surface area (Å²) in [5, 5.41) is 2.58. The Morgan fingerprint density at radius 1 is 1.27 bits per heavy atom. The Hall–Kier alpha value is -2.16. The van der Waals surface area contributed by atoms with Crippen molar-refractivity contribution in [2.75, 3.05) is 26.8 Å². The van der Waals surface area contributed by atoms with Gasteiger partial charge in [-0.05, 0) is 30.5 Å². The van der Waals surface area contributed by atoms with E-state index < -0.39 is 17.6 Å². The number of methoxy groups -OCH3 is 1. The summed E-state index contributed by atoms with van der Waals surface area (Å²) in [7, 11) is 1.43. The SMILES string of the molecule is COCC(=O)N1CCC(C(=O)NCc2ccc(F)c(C(F)(F)F)c2)CC1. The molecule has 1 fully saturated rings. The van der Waals surface area contributed by atoms with Crippen molar-refractivity contribution in [2.45, 2.75) is 25.6 Å². The number of amides is 2. The summed E-state index contributed by atoms with van der Waals surface area (Å²) in [5.41, 5.74) is -1.19. The number of hydrogen-bond acceptors (Lipinski definition) is 3. The van der Waals surface area contributed by atoms with Gasteiger partial charge < -0.3 is 15.0 Å². The van der Waals surface area contributed by atoms with Crippen LogP contribution in [-0.2, 0) is 27.0 Å². The lowest BCUT2D eigenvalue weighted by Crippen LogP contribution is -2.44. The van der Waals surface area contributed by atoms with E-state index in [2.05, 4.69) is 5.32 Å². The Kier molecular flexibility index (Phi) is 6.57. The molecule has 2 amide bonds. The Morgan fingerprint density at radius 2 is 1.92 bits per heavy atom. The molecule has 26 heavy (non-hydrogen) atoms. The number of nitrogens with zero attached hydrogens (tertiary/aromatic N) is 1. The standard InChI is InChI=1S/C17H20F4N2O3/c1-26-10-15(24)23-6-4-12(5-7-23)16(25)22-9-11-2-3-14(18)13(8-11)17(19,20)21/h2-3,8,12H,4-7,9-10H2,1H3,(H,22,25). The van der Waals surface area contributed by atoms with Gasteiger partial charge >= 0.3 is 6.18 Å². The molecule has 1 saturated heterocycles. The summed E-state index contributed by atoms with van der Waals surface area (Å²) in [6.45, 7) is 0.720. The van der Waals surface area contributed by atoms with Gasteiger partial charge in [0.15, 0.2) is 0 Å². The summed E-state index contributed by atoms with van der Waals surface area (Å²) < 4.78 is 56.2. The van der Waals surface area contributed by atoms with Crippen LogP contribution in [0, 0.1) is 11.7 Å².